The number of nitrogens with one attached hydrogen (secondary N) is 1. The highest BCUT2D eigenvalue weighted by atomic mass is 16.5. The number of hydrogen-bond acceptors (Lipinski definition) is 4. The average Bonchev–Trinajstić information content (AvgIpc) is 2.76. The number of fused-ring (bicyclic) bond motifs is 1. The summed E-state index contributed by atoms with van der Waals surface area (Å²) in [6.45, 7) is 1.87. The van der Waals surface area contributed by atoms with E-state index in [2.05, 4.69) is 10.3 Å². The van der Waals surface area contributed by atoms with Gasteiger partial charge in [-0.15, -0.1) is 0 Å². The van der Waals surface area contributed by atoms with Crippen LogP contribution in [0.25, 0.3) is 0 Å². The summed E-state index contributed by atoms with van der Waals surface area (Å²) in [5.74, 6) is 0.309. The van der Waals surface area contributed by atoms with Gasteiger partial charge in [0.2, 0.25) is 5.91 Å². The number of amides is 2. The van der Waals surface area contributed by atoms with Crippen molar-refractivity contribution in [2.24, 2.45) is 0 Å². The quantitative estimate of drug-likeness (QED) is 0.719. The number of benzene rings is 2. The van der Waals surface area contributed by atoms with Crippen molar-refractivity contribution >= 4 is 17.6 Å². The summed E-state index contributed by atoms with van der Waals surface area (Å²) < 4.78 is 5.26. The van der Waals surface area contributed by atoms with Gasteiger partial charge in [-0.3, -0.25) is 9.59 Å². The Morgan fingerprint density at radius 1 is 1.03 bits per heavy atom. The van der Waals surface area contributed by atoms with Crippen LogP contribution in [0.15, 0.2) is 66.7 Å². The minimum atomic E-state index is -0.584. The molecule has 0 radical (unpaired) electrons. The molecule has 1 aliphatic heterocycles. The molecule has 152 valence electrons. The second kappa shape index (κ2) is 7.99. The van der Waals surface area contributed by atoms with Gasteiger partial charge in [-0.1, -0.05) is 36.4 Å². The van der Waals surface area contributed by atoms with E-state index >= 15 is 0 Å². The van der Waals surface area contributed by atoms with E-state index in [0.29, 0.717) is 22.7 Å². The predicted octanol–water partition coefficient (Wildman–Crippen LogP) is 3.95. The highest BCUT2D eigenvalue weighted by molar-refractivity contribution is 6.04. The van der Waals surface area contributed by atoms with Gasteiger partial charge in [0, 0.05) is 18.3 Å². The Morgan fingerprint density at radius 3 is 2.47 bits per heavy atom. The van der Waals surface area contributed by atoms with Crippen LogP contribution >= 0.6 is 0 Å². The topological polar surface area (TPSA) is 71.5 Å². The minimum absolute atomic E-state index is 0.107. The fraction of sp³-hybridized carbons (Fsp3) is 0.208. The van der Waals surface area contributed by atoms with E-state index < -0.39 is 12.0 Å². The Hall–Kier alpha value is -3.67. The van der Waals surface area contributed by atoms with Gasteiger partial charge < -0.3 is 15.0 Å². The van der Waals surface area contributed by atoms with Gasteiger partial charge in [-0.05, 0) is 48.4 Å². The molecule has 2 atom stereocenters. The molecule has 2 aromatic carbocycles. The van der Waals surface area contributed by atoms with Gasteiger partial charge >= 0.3 is 0 Å². The molecular weight excluding hydrogens is 378 g/mol. The number of nitrogens with zero attached hydrogens (tertiary/aromatic N) is 2. The molecule has 0 unspecified atom stereocenters. The van der Waals surface area contributed by atoms with Crippen molar-refractivity contribution < 1.29 is 14.3 Å². The van der Waals surface area contributed by atoms with Crippen molar-refractivity contribution in [3.8, 4) is 5.75 Å². The summed E-state index contributed by atoms with van der Waals surface area (Å²) in [5, 5.41) is 2.94. The fourth-order valence-electron chi connectivity index (χ4n) is 3.99. The van der Waals surface area contributed by atoms with E-state index in [0.717, 1.165) is 11.3 Å². The first-order valence-electron chi connectivity index (χ1n) is 9.74. The van der Waals surface area contributed by atoms with Crippen LogP contribution in [-0.2, 0) is 4.79 Å². The molecule has 2 amide bonds. The van der Waals surface area contributed by atoms with Gasteiger partial charge in [0.25, 0.3) is 5.91 Å². The van der Waals surface area contributed by atoms with E-state index in [1.807, 2.05) is 61.5 Å². The number of hydrogen-bond donors (Lipinski definition) is 1. The van der Waals surface area contributed by atoms with Crippen molar-refractivity contribution in [2.45, 2.75) is 18.9 Å². The summed E-state index contributed by atoms with van der Waals surface area (Å²) in [4.78, 5) is 32.6. The highest BCUT2D eigenvalue weighted by Crippen LogP contribution is 2.42. The number of carbonyl (C=O) groups excluding carboxylic acids is 2. The van der Waals surface area contributed by atoms with Gasteiger partial charge in [-0.25, -0.2) is 4.98 Å². The van der Waals surface area contributed by atoms with Gasteiger partial charge in [0.05, 0.1) is 19.1 Å². The highest BCUT2D eigenvalue weighted by Gasteiger charge is 2.42. The van der Waals surface area contributed by atoms with Crippen LogP contribution in [0.1, 0.15) is 39.1 Å². The summed E-state index contributed by atoms with van der Waals surface area (Å²) in [5.41, 5.74) is 2.93. The number of anilines is 1. The van der Waals surface area contributed by atoms with E-state index in [1.165, 1.54) is 0 Å². The third kappa shape index (κ3) is 3.52. The second-order valence-electron chi connectivity index (χ2n) is 7.35. The molecule has 0 bridgehead atoms. The van der Waals surface area contributed by atoms with Crippen LogP contribution in [0.3, 0.4) is 0 Å². The smallest absolute Gasteiger partial charge is 0.254 e. The number of ether oxygens (including phenoxy) is 1. The zero-order chi connectivity index (χ0) is 21.3. The Morgan fingerprint density at radius 2 is 1.77 bits per heavy atom. The van der Waals surface area contributed by atoms with Gasteiger partial charge in [0.15, 0.2) is 0 Å². The standard InChI is InChI=1S/C24H23N3O3/c1-15-7-6-10-20(25-15)26-23(28)21-18-8-4-5-9-19(18)24(29)27(2)22(21)16-11-13-17(30-3)14-12-16/h4-14,21-22H,1-3H3,(H,25,26,28)/t21-,22+/m0/s1. The maximum Gasteiger partial charge on any atom is 0.254 e. The molecule has 30 heavy (non-hydrogen) atoms. The van der Waals surface area contributed by atoms with E-state index in [4.69, 9.17) is 4.74 Å². The van der Waals surface area contributed by atoms with Gasteiger partial charge in [-0.2, -0.15) is 0 Å². The first-order chi connectivity index (χ1) is 14.5. The lowest BCUT2D eigenvalue weighted by Gasteiger charge is -2.39. The molecule has 6 heteroatoms. The van der Waals surface area contributed by atoms with Crippen molar-refractivity contribution in [3.05, 3.63) is 89.1 Å². The molecular formula is C24H23N3O3. The summed E-state index contributed by atoms with van der Waals surface area (Å²) in [6, 6.07) is 19.8. The largest absolute Gasteiger partial charge is 0.497 e. The van der Waals surface area contributed by atoms with E-state index in [1.54, 1.807) is 31.2 Å². The number of likely N-dealkylation sites (N-methyl/N-ethyl adjacent to an activating group) is 1. The maximum atomic E-state index is 13.5. The summed E-state index contributed by atoms with van der Waals surface area (Å²) >= 11 is 0. The molecule has 0 saturated heterocycles. The van der Waals surface area contributed by atoms with Crippen LogP contribution in [0.2, 0.25) is 0 Å². The second-order valence-corrected chi connectivity index (χ2v) is 7.35. The molecule has 4 rings (SSSR count). The molecule has 0 aliphatic carbocycles. The van der Waals surface area contributed by atoms with Crippen LogP contribution in [0.4, 0.5) is 5.82 Å². The SMILES string of the molecule is COc1ccc([C@@H]2[C@@H](C(=O)Nc3cccc(C)n3)c3ccccc3C(=O)N2C)cc1. The number of rotatable bonds is 4. The summed E-state index contributed by atoms with van der Waals surface area (Å²) in [6.07, 6.45) is 0. The number of carbonyl (C=O) groups is 2. The Kier molecular flexibility index (Phi) is 5.23. The monoisotopic (exact) mass is 401 g/mol. The van der Waals surface area contributed by atoms with Crippen molar-refractivity contribution in [3.63, 3.8) is 0 Å². The molecule has 3 aromatic rings. The van der Waals surface area contributed by atoms with Crippen molar-refractivity contribution in [1.29, 1.82) is 0 Å². The normalized spacial score (nSPS) is 18.0. The molecule has 1 aromatic heterocycles. The number of methoxy groups -OCH3 is 1. The van der Waals surface area contributed by atoms with Crippen LogP contribution in [0.5, 0.6) is 5.75 Å². The van der Waals surface area contributed by atoms with E-state index in [9.17, 15) is 9.59 Å². The summed E-state index contributed by atoms with van der Waals surface area (Å²) in [7, 11) is 3.34. The first kappa shape index (κ1) is 19.6. The predicted molar refractivity (Wildman–Crippen MR) is 115 cm³/mol. The molecule has 2 heterocycles. The Balaban J connectivity index is 1.79. The molecule has 0 fully saturated rings. The zero-order valence-corrected chi connectivity index (χ0v) is 17.1. The molecule has 6 nitrogen and oxygen atoms in total. The molecule has 1 N–H and O–H groups in total. The number of pyridine rings is 1. The first-order valence-corrected chi connectivity index (χ1v) is 9.74. The maximum absolute atomic E-state index is 13.5. The lowest BCUT2D eigenvalue weighted by Crippen LogP contribution is -2.44. The average molecular weight is 401 g/mol. The molecule has 0 spiro atoms. The van der Waals surface area contributed by atoms with E-state index in [-0.39, 0.29) is 11.8 Å². The third-order valence-electron chi connectivity index (χ3n) is 5.46. The van der Waals surface area contributed by atoms with Crippen LogP contribution in [-0.4, -0.2) is 35.9 Å². The minimum Gasteiger partial charge on any atom is -0.497 e. The van der Waals surface area contributed by atoms with Crippen LogP contribution < -0.4 is 10.1 Å². The number of aromatic nitrogens is 1. The Labute approximate surface area is 175 Å². The molecule has 1 aliphatic rings. The lowest BCUT2D eigenvalue weighted by molar-refractivity contribution is -0.119. The fourth-order valence-corrected chi connectivity index (χ4v) is 3.99. The number of aryl methyl sites for hydroxylation is 1. The third-order valence-corrected chi connectivity index (χ3v) is 5.46. The van der Waals surface area contributed by atoms with Crippen LogP contribution in [0, 0.1) is 6.92 Å². The van der Waals surface area contributed by atoms with Crippen molar-refractivity contribution in [1.82, 2.24) is 9.88 Å². The van der Waals surface area contributed by atoms with Crippen molar-refractivity contribution in [2.75, 3.05) is 19.5 Å². The lowest BCUT2D eigenvalue weighted by atomic mass is 9.79. The molecule has 0 saturated carbocycles. The Bertz CT molecular complexity index is 1090. The van der Waals surface area contributed by atoms with Gasteiger partial charge in [0.1, 0.15) is 11.6 Å². The zero-order valence-electron chi connectivity index (χ0n) is 17.1.